The van der Waals surface area contributed by atoms with Crippen LogP contribution < -0.4 is 5.73 Å². The van der Waals surface area contributed by atoms with Crippen LogP contribution in [0.15, 0.2) is 34.9 Å². The first-order chi connectivity index (χ1) is 11.9. The van der Waals surface area contributed by atoms with E-state index >= 15 is 0 Å². The first kappa shape index (κ1) is 16.6. The van der Waals surface area contributed by atoms with E-state index in [9.17, 15) is 4.39 Å². The smallest absolute Gasteiger partial charge is 0.258 e. The molecule has 2 N–H and O–H groups in total. The summed E-state index contributed by atoms with van der Waals surface area (Å²) in [6.07, 6.45) is 1.58. The molecule has 0 saturated heterocycles. The highest BCUT2D eigenvalue weighted by Crippen LogP contribution is 2.56. The Morgan fingerprint density at radius 1 is 1.04 bits per heavy atom. The van der Waals surface area contributed by atoms with Crippen molar-refractivity contribution in [3.8, 4) is 11.5 Å². The van der Waals surface area contributed by atoms with Crippen molar-refractivity contribution in [2.75, 3.05) is 5.73 Å². The van der Waals surface area contributed by atoms with E-state index in [0.29, 0.717) is 27.1 Å². The molecule has 25 heavy (non-hydrogen) atoms. The van der Waals surface area contributed by atoms with Crippen molar-refractivity contribution in [1.29, 1.82) is 0 Å². The molecule has 4 rings (SSSR count). The third-order valence-electron chi connectivity index (χ3n) is 4.31. The number of nitrogens with zero attached hydrogens (tertiary/aromatic N) is 2. The fraction of sp³-hybridized carbons (Fsp3) is 0.176. The van der Waals surface area contributed by atoms with Gasteiger partial charge in [-0.25, -0.2) is 4.39 Å². The fourth-order valence-corrected chi connectivity index (χ4v) is 3.97. The van der Waals surface area contributed by atoms with Crippen LogP contribution in [0.25, 0.3) is 11.5 Å². The topological polar surface area (TPSA) is 64.9 Å². The molecule has 0 atom stereocenters. The summed E-state index contributed by atoms with van der Waals surface area (Å²) in [6, 6.07) is 7.54. The van der Waals surface area contributed by atoms with Crippen LogP contribution in [0.2, 0.25) is 15.1 Å². The van der Waals surface area contributed by atoms with Gasteiger partial charge in [0.25, 0.3) is 5.89 Å². The highest BCUT2D eigenvalue weighted by molar-refractivity contribution is 6.36. The summed E-state index contributed by atoms with van der Waals surface area (Å²) in [7, 11) is 0. The second kappa shape index (κ2) is 5.87. The Bertz CT molecular complexity index is 962. The van der Waals surface area contributed by atoms with Crippen molar-refractivity contribution < 1.29 is 8.91 Å². The Hall–Kier alpha value is -1.82. The zero-order valence-electron chi connectivity index (χ0n) is 12.7. The summed E-state index contributed by atoms with van der Waals surface area (Å²) < 4.78 is 18.7. The lowest BCUT2D eigenvalue weighted by atomic mass is 9.94. The van der Waals surface area contributed by atoms with Gasteiger partial charge in [0, 0.05) is 26.9 Å². The maximum atomic E-state index is 13.3. The lowest BCUT2D eigenvalue weighted by molar-refractivity contribution is 0.418. The molecule has 1 saturated carbocycles. The predicted octanol–water partition coefficient (Wildman–Crippen LogP) is 5.50. The van der Waals surface area contributed by atoms with Gasteiger partial charge in [-0.15, -0.1) is 0 Å². The van der Waals surface area contributed by atoms with Crippen molar-refractivity contribution in [2.45, 2.75) is 18.3 Å². The van der Waals surface area contributed by atoms with Gasteiger partial charge < -0.3 is 10.3 Å². The summed E-state index contributed by atoms with van der Waals surface area (Å²) in [5.74, 6) is 0.228. The molecular weight excluding hydrogens is 388 g/mol. The van der Waals surface area contributed by atoms with E-state index in [1.54, 1.807) is 12.1 Å². The molecular formula is C17H11Cl3FN3O. The molecule has 0 amide bonds. The van der Waals surface area contributed by atoms with E-state index in [-0.39, 0.29) is 10.9 Å². The number of rotatable bonds is 3. The quantitative estimate of drug-likeness (QED) is 0.592. The number of aromatic nitrogens is 2. The van der Waals surface area contributed by atoms with Crippen LogP contribution in [0.5, 0.6) is 0 Å². The molecule has 0 bridgehead atoms. The number of hydrogen-bond donors (Lipinski definition) is 1. The lowest BCUT2D eigenvalue weighted by Gasteiger charge is -2.15. The standard InChI is InChI=1S/C17H11Cl3FN3O/c18-10-5-8(1-2-13(10)21)15-23-16(24-25-15)17(3-4-17)14-11(19)6-9(22)7-12(14)20/h1-2,5-7H,3-4,22H2. The maximum absolute atomic E-state index is 13.3. The number of hydrogen-bond acceptors (Lipinski definition) is 4. The maximum Gasteiger partial charge on any atom is 0.258 e. The van der Waals surface area contributed by atoms with Gasteiger partial charge in [-0.3, -0.25) is 0 Å². The summed E-state index contributed by atoms with van der Waals surface area (Å²) in [4.78, 5) is 4.46. The number of anilines is 1. The Morgan fingerprint density at radius 3 is 2.32 bits per heavy atom. The van der Waals surface area contributed by atoms with E-state index in [2.05, 4.69) is 10.1 Å². The average Bonchev–Trinajstić information content (AvgIpc) is 3.17. The van der Waals surface area contributed by atoms with E-state index in [1.807, 2.05) is 0 Å². The van der Waals surface area contributed by atoms with Gasteiger partial charge in [0.2, 0.25) is 0 Å². The summed E-state index contributed by atoms with van der Waals surface area (Å²) >= 11 is 18.5. The lowest BCUT2D eigenvalue weighted by Crippen LogP contribution is -2.12. The minimum Gasteiger partial charge on any atom is -0.399 e. The summed E-state index contributed by atoms with van der Waals surface area (Å²) in [5.41, 5.74) is 7.06. The minimum atomic E-state index is -0.510. The minimum absolute atomic E-state index is 0.0111. The van der Waals surface area contributed by atoms with Gasteiger partial charge in [-0.1, -0.05) is 40.0 Å². The number of nitrogen functional groups attached to an aromatic ring is 1. The van der Waals surface area contributed by atoms with Gasteiger partial charge in [-0.2, -0.15) is 4.98 Å². The first-order valence-corrected chi connectivity index (χ1v) is 8.59. The third-order valence-corrected chi connectivity index (χ3v) is 5.20. The van der Waals surface area contributed by atoms with Gasteiger partial charge in [0.15, 0.2) is 5.82 Å². The molecule has 8 heteroatoms. The molecule has 0 radical (unpaired) electrons. The Labute approximate surface area is 157 Å². The van der Waals surface area contributed by atoms with E-state index in [1.165, 1.54) is 18.2 Å². The molecule has 4 nitrogen and oxygen atoms in total. The normalized spacial score (nSPS) is 15.4. The summed E-state index contributed by atoms with van der Waals surface area (Å²) in [5, 5.41) is 5.02. The molecule has 1 aliphatic rings. The zero-order chi connectivity index (χ0) is 17.8. The van der Waals surface area contributed by atoms with Crippen molar-refractivity contribution in [2.24, 2.45) is 0 Å². The van der Waals surface area contributed by atoms with Crippen LogP contribution >= 0.6 is 34.8 Å². The Kier molecular flexibility index (Phi) is 3.90. The monoisotopic (exact) mass is 397 g/mol. The van der Waals surface area contributed by atoms with Crippen molar-refractivity contribution in [3.63, 3.8) is 0 Å². The Morgan fingerprint density at radius 2 is 1.72 bits per heavy atom. The van der Waals surface area contributed by atoms with Crippen LogP contribution in [0, 0.1) is 5.82 Å². The van der Waals surface area contributed by atoms with Crippen molar-refractivity contribution >= 4 is 40.5 Å². The Balaban J connectivity index is 1.76. The second-order valence-electron chi connectivity index (χ2n) is 5.99. The molecule has 0 spiro atoms. The second-order valence-corrected chi connectivity index (χ2v) is 7.22. The number of nitrogens with two attached hydrogens (primary N) is 1. The predicted molar refractivity (Wildman–Crippen MR) is 95.6 cm³/mol. The van der Waals surface area contributed by atoms with Crippen molar-refractivity contribution in [1.82, 2.24) is 10.1 Å². The summed E-state index contributed by atoms with van der Waals surface area (Å²) in [6.45, 7) is 0. The van der Waals surface area contributed by atoms with Gasteiger partial charge >= 0.3 is 0 Å². The zero-order valence-corrected chi connectivity index (χ0v) is 15.0. The molecule has 1 heterocycles. The third kappa shape index (κ3) is 2.76. The van der Waals surface area contributed by atoms with Crippen LogP contribution in [-0.2, 0) is 5.41 Å². The SMILES string of the molecule is Nc1cc(Cl)c(C2(c3noc(-c4ccc(F)c(Cl)c4)n3)CC2)c(Cl)c1. The molecule has 1 fully saturated rings. The molecule has 1 aromatic heterocycles. The van der Waals surface area contributed by atoms with E-state index < -0.39 is 11.2 Å². The molecule has 3 aromatic rings. The number of halogens is 4. The van der Waals surface area contributed by atoms with Gasteiger partial charge in [0.05, 0.1) is 10.4 Å². The van der Waals surface area contributed by atoms with Crippen LogP contribution in [-0.4, -0.2) is 10.1 Å². The van der Waals surface area contributed by atoms with Crippen LogP contribution in [0.3, 0.4) is 0 Å². The van der Waals surface area contributed by atoms with Crippen LogP contribution in [0.1, 0.15) is 24.2 Å². The van der Waals surface area contributed by atoms with Crippen molar-refractivity contribution in [3.05, 3.63) is 62.6 Å². The highest BCUT2D eigenvalue weighted by atomic mass is 35.5. The molecule has 128 valence electrons. The fourth-order valence-electron chi connectivity index (χ4n) is 2.92. The number of benzene rings is 2. The highest BCUT2D eigenvalue weighted by Gasteiger charge is 2.52. The largest absolute Gasteiger partial charge is 0.399 e. The average molecular weight is 399 g/mol. The first-order valence-electron chi connectivity index (χ1n) is 7.45. The molecule has 0 unspecified atom stereocenters. The molecule has 0 aliphatic heterocycles. The van der Waals surface area contributed by atoms with Crippen LogP contribution in [0.4, 0.5) is 10.1 Å². The van der Waals surface area contributed by atoms with Gasteiger partial charge in [0.1, 0.15) is 5.82 Å². The molecule has 2 aromatic carbocycles. The van der Waals surface area contributed by atoms with E-state index in [0.717, 1.165) is 18.4 Å². The van der Waals surface area contributed by atoms with E-state index in [4.69, 9.17) is 45.1 Å². The molecule has 1 aliphatic carbocycles. The van der Waals surface area contributed by atoms with Gasteiger partial charge in [-0.05, 0) is 43.2 Å².